The maximum atomic E-state index is 13.8. The Labute approximate surface area is 185 Å². The predicted molar refractivity (Wildman–Crippen MR) is 121 cm³/mol. The van der Waals surface area contributed by atoms with Gasteiger partial charge in [-0.2, -0.15) is 0 Å². The summed E-state index contributed by atoms with van der Waals surface area (Å²) in [6.45, 7) is 5.33. The van der Waals surface area contributed by atoms with Crippen molar-refractivity contribution in [3.05, 3.63) is 60.2 Å². The summed E-state index contributed by atoms with van der Waals surface area (Å²) in [5.74, 6) is 0.852. The molecule has 1 aromatic rings. The van der Waals surface area contributed by atoms with Crippen molar-refractivity contribution in [2.75, 3.05) is 26.2 Å². The number of nitrogens with zero attached hydrogens (tertiary/aromatic N) is 3. The van der Waals surface area contributed by atoms with Crippen molar-refractivity contribution < 1.29 is 9.59 Å². The van der Waals surface area contributed by atoms with Crippen molar-refractivity contribution in [1.29, 1.82) is 0 Å². The average Bonchev–Trinajstić information content (AvgIpc) is 3.30. The Morgan fingerprint density at radius 3 is 2.48 bits per heavy atom. The summed E-state index contributed by atoms with van der Waals surface area (Å²) in [6.07, 6.45) is 12.8. The molecule has 3 fully saturated rings. The smallest absolute Gasteiger partial charge is 0.249 e. The zero-order valence-electron chi connectivity index (χ0n) is 18.5. The highest BCUT2D eigenvalue weighted by Gasteiger charge is 2.57. The van der Waals surface area contributed by atoms with E-state index in [1.54, 1.807) is 0 Å². The molecule has 2 amide bonds. The van der Waals surface area contributed by atoms with Crippen molar-refractivity contribution in [1.82, 2.24) is 14.7 Å². The summed E-state index contributed by atoms with van der Waals surface area (Å²) in [5, 5.41) is 0. The number of rotatable bonds is 4. The Bertz CT molecular complexity index is 885. The lowest BCUT2D eigenvalue weighted by Crippen LogP contribution is -2.73. The molecule has 5 nitrogen and oxygen atoms in total. The molecule has 1 aromatic carbocycles. The summed E-state index contributed by atoms with van der Waals surface area (Å²) in [7, 11) is 0. The molecule has 5 rings (SSSR count). The van der Waals surface area contributed by atoms with Crippen LogP contribution in [0.1, 0.15) is 38.2 Å². The molecule has 31 heavy (non-hydrogen) atoms. The van der Waals surface area contributed by atoms with Crippen LogP contribution in [0.3, 0.4) is 0 Å². The number of piperazine rings is 1. The third kappa shape index (κ3) is 3.53. The van der Waals surface area contributed by atoms with E-state index in [4.69, 9.17) is 0 Å². The van der Waals surface area contributed by atoms with Crippen LogP contribution in [0, 0.1) is 5.92 Å². The Kier molecular flexibility index (Phi) is 5.47. The number of benzene rings is 1. The van der Waals surface area contributed by atoms with Gasteiger partial charge in [-0.1, -0.05) is 61.6 Å². The number of hydrogen-bond acceptors (Lipinski definition) is 3. The number of carbonyl (C=O) groups is 2. The summed E-state index contributed by atoms with van der Waals surface area (Å²) in [6, 6.07) is 10.5. The molecule has 3 aliphatic heterocycles. The zero-order valence-corrected chi connectivity index (χ0v) is 18.5. The topological polar surface area (TPSA) is 43.9 Å². The Morgan fingerprint density at radius 2 is 1.74 bits per heavy atom. The fourth-order valence-corrected chi connectivity index (χ4v) is 6.09. The highest BCUT2D eigenvalue weighted by molar-refractivity contribution is 6.00. The van der Waals surface area contributed by atoms with Gasteiger partial charge in [-0.05, 0) is 43.6 Å². The van der Waals surface area contributed by atoms with Crippen LogP contribution in [0.4, 0.5) is 0 Å². The first kappa shape index (κ1) is 20.5. The van der Waals surface area contributed by atoms with E-state index in [-0.39, 0.29) is 17.9 Å². The van der Waals surface area contributed by atoms with E-state index in [0.29, 0.717) is 18.5 Å². The number of likely N-dealkylation sites (tertiary alicyclic amines) is 1. The number of amides is 2. The lowest BCUT2D eigenvalue weighted by atomic mass is 9.79. The van der Waals surface area contributed by atoms with Crippen LogP contribution < -0.4 is 0 Å². The van der Waals surface area contributed by atoms with Crippen LogP contribution >= 0.6 is 0 Å². The van der Waals surface area contributed by atoms with E-state index < -0.39 is 5.54 Å². The van der Waals surface area contributed by atoms with E-state index in [1.165, 1.54) is 5.56 Å². The first-order valence-electron chi connectivity index (χ1n) is 11.9. The van der Waals surface area contributed by atoms with Crippen molar-refractivity contribution in [2.24, 2.45) is 5.92 Å². The zero-order chi connectivity index (χ0) is 21.4. The second kappa shape index (κ2) is 8.27. The largest absolute Gasteiger partial charge is 0.329 e. The molecule has 3 saturated heterocycles. The summed E-state index contributed by atoms with van der Waals surface area (Å²) >= 11 is 0. The van der Waals surface area contributed by atoms with Crippen LogP contribution in [0.2, 0.25) is 0 Å². The molecule has 1 spiro atoms. The minimum atomic E-state index is -0.666. The monoisotopic (exact) mass is 419 g/mol. The quantitative estimate of drug-likeness (QED) is 0.754. The van der Waals surface area contributed by atoms with Crippen molar-refractivity contribution in [3.8, 4) is 0 Å². The van der Waals surface area contributed by atoms with E-state index in [1.807, 2.05) is 28.0 Å². The molecule has 0 saturated carbocycles. The number of carbonyl (C=O) groups excluding carboxylic acids is 2. The fraction of sp³-hybridized carbons (Fsp3) is 0.538. The third-order valence-corrected chi connectivity index (χ3v) is 7.87. The Hall–Kier alpha value is -2.40. The molecular formula is C26H33N3O2. The molecule has 0 N–H and O–H groups in total. The first-order chi connectivity index (χ1) is 15.1. The van der Waals surface area contributed by atoms with Gasteiger partial charge in [-0.25, -0.2) is 0 Å². The van der Waals surface area contributed by atoms with Crippen LogP contribution in [-0.4, -0.2) is 70.3 Å². The first-order valence-corrected chi connectivity index (χ1v) is 11.9. The minimum absolute atomic E-state index is 0.176. The molecule has 3 atom stereocenters. The minimum Gasteiger partial charge on any atom is -0.329 e. The maximum absolute atomic E-state index is 13.8. The standard InChI is InChI=1S/C26H33N3O2/c1-20-8-5-6-11-22(20)27-18-14-26(15-19-27)25(31)28-16-7-12-23(28)24(30)29(26)17-13-21-9-3-2-4-10-21/h2-6,8-11,20,22-23H,7,12-19H2,1H3. The SMILES string of the molecule is CC1C=CC=CC1N1CCC2(CC1)C(=O)N1CCCC1C(=O)N2CCc1ccccc1. The lowest BCUT2D eigenvalue weighted by Gasteiger charge is -2.54. The Morgan fingerprint density at radius 1 is 1.00 bits per heavy atom. The van der Waals surface area contributed by atoms with Gasteiger partial charge < -0.3 is 9.80 Å². The normalized spacial score (nSPS) is 30.3. The second-order valence-electron chi connectivity index (χ2n) is 9.57. The molecule has 0 radical (unpaired) electrons. The van der Waals surface area contributed by atoms with Crippen molar-refractivity contribution in [2.45, 2.75) is 56.7 Å². The Balaban J connectivity index is 1.38. The number of fused-ring (bicyclic) bond motifs is 1. The van der Waals surface area contributed by atoms with E-state index in [9.17, 15) is 9.59 Å². The summed E-state index contributed by atoms with van der Waals surface area (Å²) in [5.41, 5.74) is 0.554. The molecule has 0 bridgehead atoms. The molecule has 3 heterocycles. The molecule has 0 aromatic heterocycles. The maximum Gasteiger partial charge on any atom is 0.249 e. The summed E-state index contributed by atoms with van der Waals surface area (Å²) < 4.78 is 0. The van der Waals surface area contributed by atoms with Gasteiger partial charge in [0.15, 0.2) is 0 Å². The van der Waals surface area contributed by atoms with Gasteiger partial charge in [0.25, 0.3) is 0 Å². The number of hydrogen-bond donors (Lipinski definition) is 0. The van der Waals surface area contributed by atoms with E-state index >= 15 is 0 Å². The van der Waals surface area contributed by atoms with Crippen LogP contribution in [-0.2, 0) is 16.0 Å². The van der Waals surface area contributed by atoms with Gasteiger partial charge in [0.05, 0.1) is 0 Å². The van der Waals surface area contributed by atoms with Gasteiger partial charge in [-0.15, -0.1) is 0 Å². The van der Waals surface area contributed by atoms with Crippen molar-refractivity contribution in [3.63, 3.8) is 0 Å². The van der Waals surface area contributed by atoms with Gasteiger partial charge in [0.1, 0.15) is 11.6 Å². The van der Waals surface area contributed by atoms with Gasteiger partial charge in [0.2, 0.25) is 11.8 Å². The number of allylic oxidation sites excluding steroid dienone is 2. The fourth-order valence-electron chi connectivity index (χ4n) is 6.09. The highest BCUT2D eigenvalue weighted by atomic mass is 16.2. The third-order valence-electron chi connectivity index (χ3n) is 7.87. The van der Waals surface area contributed by atoms with Gasteiger partial charge >= 0.3 is 0 Å². The predicted octanol–water partition coefficient (Wildman–Crippen LogP) is 3.03. The second-order valence-corrected chi connectivity index (χ2v) is 9.57. The molecule has 4 aliphatic rings. The van der Waals surface area contributed by atoms with E-state index in [2.05, 4.69) is 48.3 Å². The molecule has 3 unspecified atom stereocenters. The molecule has 1 aliphatic carbocycles. The lowest BCUT2D eigenvalue weighted by molar-refractivity contribution is -0.172. The summed E-state index contributed by atoms with van der Waals surface area (Å²) in [4.78, 5) is 33.8. The van der Waals surface area contributed by atoms with Crippen LogP contribution in [0.15, 0.2) is 54.6 Å². The average molecular weight is 420 g/mol. The van der Waals surface area contributed by atoms with Crippen molar-refractivity contribution >= 4 is 11.8 Å². The molecule has 5 heteroatoms. The molecule has 164 valence electrons. The van der Waals surface area contributed by atoms with Gasteiger partial charge in [-0.3, -0.25) is 14.5 Å². The van der Waals surface area contributed by atoms with Crippen LogP contribution in [0.5, 0.6) is 0 Å². The van der Waals surface area contributed by atoms with E-state index in [0.717, 1.165) is 51.7 Å². The van der Waals surface area contributed by atoms with Crippen LogP contribution in [0.25, 0.3) is 0 Å². The molecular weight excluding hydrogens is 386 g/mol. The number of piperidine rings is 1. The van der Waals surface area contributed by atoms with Gasteiger partial charge in [0, 0.05) is 32.2 Å². The highest BCUT2D eigenvalue weighted by Crippen LogP contribution is 2.40.